The van der Waals surface area contributed by atoms with Crippen LogP contribution in [-0.2, 0) is 37.0 Å². The van der Waals surface area contributed by atoms with Gasteiger partial charge in [-0.3, -0.25) is 15.4 Å². The maximum absolute atomic E-state index is 13.5. The first-order chi connectivity index (χ1) is 22.9. The zero-order chi connectivity index (χ0) is 33.0. The second kappa shape index (κ2) is 16.1. The summed E-state index contributed by atoms with van der Waals surface area (Å²) >= 11 is 0. The highest BCUT2D eigenvalue weighted by Crippen LogP contribution is 2.39. The third kappa shape index (κ3) is 8.78. The molecule has 47 heavy (non-hydrogen) atoms. The van der Waals surface area contributed by atoms with Crippen LogP contribution in [0.4, 0.5) is 26.7 Å². The molecule has 1 fully saturated rings. The minimum atomic E-state index is -0.681. The quantitative estimate of drug-likeness (QED) is 0.121. The maximum Gasteiger partial charge on any atom is 0.412 e. The van der Waals surface area contributed by atoms with Crippen LogP contribution in [-0.4, -0.2) is 52.4 Å². The van der Waals surface area contributed by atoms with Gasteiger partial charge in [0.15, 0.2) is 13.6 Å². The van der Waals surface area contributed by atoms with E-state index in [4.69, 9.17) is 28.4 Å². The number of nitrogens with one attached hydrogen (secondary N) is 2. The molecule has 244 valence electrons. The Morgan fingerprint density at radius 2 is 1.21 bits per heavy atom. The van der Waals surface area contributed by atoms with E-state index >= 15 is 0 Å². The van der Waals surface area contributed by atoms with E-state index in [-0.39, 0.29) is 32.7 Å². The fourth-order valence-electron chi connectivity index (χ4n) is 4.79. The molecule has 1 heterocycles. The predicted octanol–water partition coefficient (Wildman–Crippen LogP) is 6.28. The highest BCUT2D eigenvalue weighted by Gasteiger charge is 2.39. The molecule has 12 heteroatoms. The lowest BCUT2D eigenvalue weighted by Crippen LogP contribution is -2.51. The van der Waals surface area contributed by atoms with E-state index in [1.165, 1.54) is 14.2 Å². The number of nitrogens with zero attached hydrogens (tertiary/aromatic N) is 1. The molecule has 4 aromatic rings. The van der Waals surface area contributed by atoms with Crippen molar-refractivity contribution in [3.63, 3.8) is 0 Å². The van der Waals surface area contributed by atoms with Gasteiger partial charge in [-0.1, -0.05) is 66.7 Å². The fraction of sp³-hybridized carbons (Fsp3) is 0.229. The third-order valence-corrected chi connectivity index (χ3v) is 7.17. The van der Waals surface area contributed by atoms with Crippen molar-refractivity contribution in [3.05, 3.63) is 114 Å². The van der Waals surface area contributed by atoms with Gasteiger partial charge >= 0.3 is 12.2 Å². The Labute approximate surface area is 272 Å². The van der Waals surface area contributed by atoms with Gasteiger partial charge in [-0.05, 0) is 47.0 Å². The predicted molar refractivity (Wildman–Crippen MR) is 173 cm³/mol. The first-order valence-corrected chi connectivity index (χ1v) is 14.7. The molecule has 0 aliphatic carbocycles. The van der Waals surface area contributed by atoms with Crippen molar-refractivity contribution in [1.82, 2.24) is 0 Å². The molecule has 0 aromatic heterocycles. The van der Waals surface area contributed by atoms with E-state index in [0.717, 1.165) is 11.1 Å². The van der Waals surface area contributed by atoms with Gasteiger partial charge < -0.3 is 33.3 Å². The monoisotopic (exact) mass is 641 g/mol. The van der Waals surface area contributed by atoms with E-state index < -0.39 is 18.1 Å². The molecule has 0 bridgehead atoms. The molecule has 5 rings (SSSR count). The molecule has 2 N–H and O–H groups in total. The van der Waals surface area contributed by atoms with Crippen molar-refractivity contribution >= 4 is 35.2 Å². The first kappa shape index (κ1) is 32.8. The Balaban J connectivity index is 1.27. The maximum atomic E-state index is 13.5. The number of rotatable bonds is 14. The molecule has 3 amide bonds. The van der Waals surface area contributed by atoms with Crippen LogP contribution in [0.3, 0.4) is 0 Å². The van der Waals surface area contributed by atoms with E-state index in [9.17, 15) is 14.4 Å². The minimum Gasteiger partial charge on any atom is -0.465 e. The molecule has 0 radical (unpaired) electrons. The van der Waals surface area contributed by atoms with Crippen molar-refractivity contribution in [2.24, 2.45) is 0 Å². The molecule has 1 saturated heterocycles. The fourth-order valence-corrected chi connectivity index (χ4v) is 4.79. The Morgan fingerprint density at radius 3 is 1.72 bits per heavy atom. The SMILES string of the molecule is COCOc1ccc(C2CN(c3ccc(OCOC)c(NC(=O)OCc4ccccc4)c3)C2=O)cc1NC(=O)OCc1ccccc1. The first-order valence-electron chi connectivity index (χ1n) is 14.7. The second-order valence-corrected chi connectivity index (χ2v) is 10.4. The summed E-state index contributed by atoms with van der Waals surface area (Å²) < 4.78 is 32.0. The Bertz CT molecular complexity index is 1550. The van der Waals surface area contributed by atoms with Crippen LogP contribution in [0, 0.1) is 0 Å². The number of carbonyl (C=O) groups excluding carboxylic acids is 3. The molecule has 1 aliphatic rings. The van der Waals surface area contributed by atoms with E-state index in [1.54, 1.807) is 41.3 Å². The lowest BCUT2D eigenvalue weighted by molar-refractivity contribution is -0.124. The van der Waals surface area contributed by atoms with Crippen molar-refractivity contribution in [2.45, 2.75) is 19.1 Å². The van der Waals surface area contributed by atoms with E-state index in [1.807, 2.05) is 60.7 Å². The summed E-state index contributed by atoms with van der Waals surface area (Å²) in [6.07, 6.45) is -1.35. The Kier molecular flexibility index (Phi) is 11.2. The van der Waals surface area contributed by atoms with Gasteiger partial charge in [-0.2, -0.15) is 0 Å². The average molecular weight is 642 g/mol. The highest BCUT2D eigenvalue weighted by atomic mass is 16.7. The summed E-state index contributed by atoms with van der Waals surface area (Å²) in [5.41, 5.74) is 3.56. The molecule has 12 nitrogen and oxygen atoms in total. The third-order valence-electron chi connectivity index (χ3n) is 7.17. The van der Waals surface area contributed by atoms with Crippen LogP contribution < -0.4 is 25.0 Å². The molecule has 0 saturated carbocycles. The van der Waals surface area contributed by atoms with Crippen molar-refractivity contribution in [2.75, 3.05) is 49.9 Å². The number of amides is 3. The zero-order valence-corrected chi connectivity index (χ0v) is 26.0. The van der Waals surface area contributed by atoms with Gasteiger partial charge in [0, 0.05) is 26.5 Å². The summed E-state index contributed by atoms with van der Waals surface area (Å²) in [4.78, 5) is 40.3. The van der Waals surface area contributed by atoms with Crippen LogP contribution in [0.15, 0.2) is 97.1 Å². The van der Waals surface area contributed by atoms with Crippen LogP contribution in [0.1, 0.15) is 22.6 Å². The van der Waals surface area contributed by atoms with Crippen LogP contribution in [0.5, 0.6) is 11.5 Å². The number of β-lactam (4-membered cyclic amide) rings is 1. The number of ether oxygens (including phenoxy) is 6. The number of anilines is 3. The molecule has 1 atom stereocenters. The normalized spacial score (nSPS) is 13.7. The average Bonchev–Trinajstić information content (AvgIpc) is 3.09. The summed E-state index contributed by atoms with van der Waals surface area (Å²) in [6, 6.07) is 28.7. The van der Waals surface area contributed by atoms with Gasteiger partial charge in [0.25, 0.3) is 0 Å². The summed E-state index contributed by atoms with van der Waals surface area (Å²) in [6.45, 7) is 0.449. The molecular formula is C35H35N3O9. The minimum absolute atomic E-state index is 0.0382. The van der Waals surface area contributed by atoms with Crippen molar-refractivity contribution < 1.29 is 42.8 Å². The molecule has 1 aliphatic heterocycles. The van der Waals surface area contributed by atoms with Gasteiger partial charge in [0.1, 0.15) is 24.7 Å². The summed E-state index contributed by atoms with van der Waals surface area (Å²) in [7, 11) is 2.97. The second-order valence-electron chi connectivity index (χ2n) is 10.4. The molecular weight excluding hydrogens is 606 g/mol. The number of hydrogen-bond acceptors (Lipinski definition) is 9. The number of carbonyl (C=O) groups is 3. The molecule has 4 aromatic carbocycles. The Hall–Kier alpha value is -5.59. The molecule has 0 spiro atoms. The van der Waals surface area contributed by atoms with Gasteiger partial charge in [-0.25, -0.2) is 9.59 Å². The van der Waals surface area contributed by atoms with Crippen LogP contribution >= 0.6 is 0 Å². The van der Waals surface area contributed by atoms with Crippen LogP contribution in [0.2, 0.25) is 0 Å². The van der Waals surface area contributed by atoms with Gasteiger partial charge in [-0.15, -0.1) is 0 Å². The topological polar surface area (TPSA) is 134 Å². The smallest absolute Gasteiger partial charge is 0.412 e. The Morgan fingerprint density at radius 1 is 0.702 bits per heavy atom. The van der Waals surface area contributed by atoms with Gasteiger partial charge in [0.05, 0.1) is 17.3 Å². The standard InChI is InChI=1S/C35H35N3O9/c1-42-22-46-31-15-13-26(17-29(31)36-34(40)44-20-24-9-5-3-6-10-24)28-19-38(33(28)39)27-14-16-32(47-23-43-2)30(18-27)37-35(41)45-21-25-11-7-4-8-12-25/h3-18,28H,19-23H2,1-2H3,(H,36,40)(H,37,41). The van der Waals surface area contributed by atoms with E-state index in [0.29, 0.717) is 40.7 Å². The number of methoxy groups -OCH3 is 2. The van der Waals surface area contributed by atoms with Crippen LogP contribution in [0.25, 0.3) is 0 Å². The number of benzene rings is 4. The van der Waals surface area contributed by atoms with E-state index in [2.05, 4.69) is 10.6 Å². The van der Waals surface area contributed by atoms with Crippen molar-refractivity contribution in [3.8, 4) is 11.5 Å². The zero-order valence-electron chi connectivity index (χ0n) is 26.0. The van der Waals surface area contributed by atoms with Crippen molar-refractivity contribution in [1.29, 1.82) is 0 Å². The molecule has 1 unspecified atom stereocenters. The van der Waals surface area contributed by atoms with Gasteiger partial charge in [0.2, 0.25) is 5.91 Å². The summed E-state index contributed by atoms with van der Waals surface area (Å²) in [5.74, 6) is 0.0519. The summed E-state index contributed by atoms with van der Waals surface area (Å²) in [5, 5.41) is 5.42. The largest absolute Gasteiger partial charge is 0.465 e. The lowest BCUT2D eigenvalue weighted by Gasteiger charge is -2.39. The lowest BCUT2D eigenvalue weighted by atomic mass is 9.89. The highest BCUT2D eigenvalue weighted by molar-refractivity contribution is 6.06. The number of hydrogen-bond donors (Lipinski definition) is 2.